The molecule has 2 N–H and O–H groups in total. The summed E-state index contributed by atoms with van der Waals surface area (Å²) in [6, 6.07) is 18.5. The SMILES string of the molecule is O=C(/C=C/c1ccc(Cl)cc1)Nc1cccc(-c2nc3cc4c(cc3[nH]2)OCCO4)c1. The molecule has 4 aromatic rings. The summed E-state index contributed by atoms with van der Waals surface area (Å²) in [6.07, 6.45) is 3.22. The Morgan fingerprint density at radius 3 is 2.61 bits per heavy atom. The van der Waals surface area contributed by atoms with Gasteiger partial charge in [-0.15, -0.1) is 0 Å². The summed E-state index contributed by atoms with van der Waals surface area (Å²) in [7, 11) is 0. The lowest BCUT2D eigenvalue weighted by Gasteiger charge is -2.17. The minimum absolute atomic E-state index is 0.223. The number of aromatic nitrogens is 2. The molecule has 0 radical (unpaired) electrons. The van der Waals surface area contributed by atoms with Crippen molar-refractivity contribution in [1.82, 2.24) is 9.97 Å². The lowest BCUT2D eigenvalue weighted by molar-refractivity contribution is -0.111. The van der Waals surface area contributed by atoms with Crippen LogP contribution in [0.2, 0.25) is 5.02 Å². The average Bonchev–Trinajstić information content (AvgIpc) is 3.20. The van der Waals surface area contributed by atoms with Crippen molar-refractivity contribution >= 4 is 40.3 Å². The highest BCUT2D eigenvalue weighted by Crippen LogP contribution is 2.35. The van der Waals surface area contributed by atoms with Crippen LogP contribution < -0.4 is 14.8 Å². The van der Waals surface area contributed by atoms with Crippen molar-refractivity contribution in [2.24, 2.45) is 0 Å². The minimum atomic E-state index is -0.223. The van der Waals surface area contributed by atoms with Gasteiger partial charge in [0.25, 0.3) is 0 Å². The van der Waals surface area contributed by atoms with Gasteiger partial charge in [0, 0.05) is 34.5 Å². The van der Waals surface area contributed by atoms with Gasteiger partial charge in [0.2, 0.25) is 5.91 Å². The van der Waals surface area contributed by atoms with Crippen LogP contribution in [0.4, 0.5) is 5.69 Å². The van der Waals surface area contributed by atoms with Crippen LogP contribution in [0.1, 0.15) is 5.56 Å². The maximum atomic E-state index is 12.3. The first-order valence-electron chi connectivity index (χ1n) is 9.78. The first-order valence-corrected chi connectivity index (χ1v) is 10.2. The van der Waals surface area contributed by atoms with Crippen LogP contribution in [0.15, 0.2) is 66.7 Å². The van der Waals surface area contributed by atoms with Crippen LogP contribution >= 0.6 is 11.6 Å². The number of carbonyl (C=O) groups is 1. The average molecular weight is 432 g/mol. The van der Waals surface area contributed by atoms with Gasteiger partial charge >= 0.3 is 0 Å². The van der Waals surface area contributed by atoms with E-state index in [1.165, 1.54) is 6.08 Å². The molecule has 0 unspecified atom stereocenters. The molecule has 0 aliphatic carbocycles. The smallest absolute Gasteiger partial charge is 0.248 e. The van der Waals surface area contributed by atoms with Crippen LogP contribution in [-0.2, 0) is 4.79 Å². The number of rotatable bonds is 4. The Balaban J connectivity index is 1.35. The summed E-state index contributed by atoms with van der Waals surface area (Å²) in [6.45, 7) is 1.07. The molecule has 1 aromatic heterocycles. The Morgan fingerprint density at radius 2 is 1.81 bits per heavy atom. The zero-order chi connectivity index (χ0) is 21.2. The van der Waals surface area contributed by atoms with Crippen molar-refractivity contribution in [3.05, 3.63) is 77.3 Å². The second kappa shape index (κ2) is 8.16. The van der Waals surface area contributed by atoms with Crippen molar-refractivity contribution in [1.29, 1.82) is 0 Å². The number of halogens is 1. The fourth-order valence-electron chi connectivity index (χ4n) is 3.36. The molecule has 2 heterocycles. The van der Waals surface area contributed by atoms with E-state index in [4.69, 9.17) is 21.1 Å². The summed E-state index contributed by atoms with van der Waals surface area (Å²) in [4.78, 5) is 20.3. The van der Waals surface area contributed by atoms with E-state index in [2.05, 4.69) is 15.3 Å². The first-order chi connectivity index (χ1) is 15.1. The van der Waals surface area contributed by atoms with Crippen molar-refractivity contribution in [3.63, 3.8) is 0 Å². The fourth-order valence-corrected chi connectivity index (χ4v) is 3.48. The van der Waals surface area contributed by atoms with Crippen LogP contribution in [-0.4, -0.2) is 29.1 Å². The van der Waals surface area contributed by atoms with Gasteiger partial charge in [0.1, 0.15) is 19.0 Å². The monoisotopic (exact) mass is 431 g/mol. The number of imidazole rings is 1. The number of hydrogen-bond donors (Lipinski definition) is 2. The molecule has 31 heavy (non-hydrogen) atoms. The molecule has 0 saturated carbocycles. The third-order valence-corrected chi connectivity index (χ3v) is 5.10. The van der Waals surface area contributed by atoms with Gasteiger partial charge in [-0.1, -0.05) is 35.9 Å². The molecule has 0 atom stereocenters. The van der Waals surface area contributed by atoms with E-state index in [1.54, 1.807) is 18.2 Å². The third-order valence-electron chi connectivity index (χ3n) is 4.85. The van der Waals surface area contributed by atoms with Gasteiger partial charge in [0.15, 0.2) is 11.5 Å². The van der Waals surface area contributed by atoms with E-state index >= 15 is 0 Å². The van der Waals surface area contributed by atoms with Gasteiger partial charge in [-0.3, -0.25) is 4.79 Å². The van der Waals surface area contributed by atoms with Gasteiger partial charge in [-0.25, -0.2) is 4.98 Å². The van der Waals surface area contributed by atoms with Gasteiger partial charge in [-0.2, -0.15) is 0 Å². The number of H-pyrrole nitrogens is 1. The Morgan fingerprint density at radius 1 is 1.03 bits per heavy atom. The number of anilines is 1. The lowest BCUT2D eigenvalue weighted by atomic mass is 10.2. The van der Waals surface area contributed by atoms with E-state index < -0.39 is 0 Å². The molecule has 5 rings (SSSR count). The zero-order valence-electron chi connectivity index (χ0n) is 16.4. The number of aromatic amines is 1. The molecule has 0 saturated heterocycles. The summed E-state index contributed by atoms with van der Waals surface area (Å²) in [5.41, 5.74) is 4.08. The van der Waals surface area contributed by atoms with Crippen molar-refractivity contribution in [2.45, 2.75) is 0 Å². The van der Waals surface area contributed by atoms with Crippen LogP contribution in [0.3, 0.4) is 0 Å². The summed E-state index contributed by atoms with van der Waals surface area (Å²) in [5.74, 6) is 1.89. The van der Waals surface area contributed by atoms with Crippen LogP contribution in [0, 0.1) is 0 Å². The molecule has 0 spiro atoms. The van der Waals surface area contributed by atoms with E-state index in [0.29, 0.717) is 41.2 Å². The largest absolute Gasteiger partial charge is 0.486 e. The van der Waals surface area contributed by atoms with Crippen LogP contribution in [0.5, 0.6) is 11.5 Å². The second-order valence-corrected chi connectivity index (χ2v) is 7.49. The molecular formula is C24H18ClN3O3. The third kappa shape index (κ3) is 4.25. The number of ether oxygens (including phenoxy) is 2. The van der Waals surface area contributed by atoms with Crippen molar-refractivity contribution in [3.8, 4) is 22.9 Å². The second-order valence-electron chi connectivity index (χ2n) is 7.05. The predicted octanol–water partition coefficient (Wildman–Crippen LogP) is 5.31. The van der Waals surface area contributed by atoms with E-state index in [-0.39, 0.29) is 5.91 Å². The number of amides is 1. The maximum absolute atomic E-state index is 12.3. The van der Waals surface area contributed by atoms with Gasteiger partial charge in [-0.05, 0) is 35.9 Å². The van der Waals surface area contributed by atoms with Crippen LogP contribution in [0.25, 0.3) is 28.5 Å². The number of carbonyl (C=O) groups excluding carboxylic acids is 1. The number of hydrogen-bond acceptors (Lipinski definition) is 4. The molecule has 1 aliphatic rings. The molecule has 0 bridgehead atoms. The minimum Gasteiger partial charge on any atom is -0.486 e. The predicted molar refractivity (Wildman–Crippen MR) is 122 cm³/mol. The zero-order valence-corrected chi connectivity index (χ0v) is 17.1. The van der Waals surface area contributed by atoms with Gasteiger partial charge in [0.05, 0.1) is 11.0 Å². The maximum Gasteiger partial charge on any atom is 0.248 e. The summed E-state index contributed by atoms with van der Waals surface area (Å²) in [5, 5.41) is 3.54. The highest BCUT2D eigenvalue weighted by Gasteiger charge is 2.15. The molecule has 6 nitrogen and oxygen atoms in total. The van der Waals surface area contributed by atoms with E-state index in [0.717, 1.165) is 22.2 Å². The molecule has 1 aliphatic heterocycles. The number of nitrogens with one attached hydrogen (secondary N) is 2. The Hall–Kier alpha value is -3.77. The van der Waals surface area contributed by atoms with E-state index in [1.807, 2.05) is 48.5 Å². The lowest BCUT2D eigenvalue weighted by Crippen LogP contribution is -2.15. The quantitative estimate of drug-likeness (QED) is 0.429. The number of benzene rings is 3. The standard InChI is InChI=1S/C24H18ClN3O3/c25-17-7-4-15(5-8-17)6-9-23(29)26-18-3-1-2-16(12-18)24-27-19-13-21-22(14-20(19)28-24)31-11-10-30-21/h1-9,12-14H,10-11H2,(H,26,29)(H,27,28)/b9-6+. The van der Waals surface area contributed by atoms with E-state index in [9.17, 15) is 4.79 Å². The van der Waals surface area contributed by atoms with Crippen molar-refractivity contribution in [2.75, 3.05) is 18.5 Å². The Kier molecular flexibility index (Phi) is 5.06. The molecular weight excluding hydrogens is 414 g/mol. The topological polar surface area (TPSA) is 76.2 Å². The molecule has 7 heteroatoms. The Labute approximate surface area is 183 Å². The molecule has 1 amide bonds. The van der Waals surface area contributed by atoms with Crippen molar-refractivity contribution < 1.29 is 14.3 Å². The highest BCUT2D eigenvalue weighted by atomic mass is 35.5. The fraction of sp³-hybridized carbons (Fsp3) is 0.0833. The normalized spacial score (nSPS) is 12.9. The molecule has 3 aromatic carbocycles. The molecule has 154 valence electrons. The van der Waals surface area contributed by atoms with Gasteiger partial charge < -0.3 is 19.8 Å². The molecule has 0 fully saturated rings. The first kappa shape index (κ1) is 19.2. The number of fused-ring (bicyclic) bond motifs is 2. The number of nitrogens with zero attached hydrogens (tertiary/aromatic N) is 1. The summed E-state index contributed by atoms with van der Waals surface area (Å²) >= 11 is 5.88. The Bertz CT molecular complexity index is 1250. The summed E-state index contributed by atoms with van der Waals surface area (Å²) < 4.78 is 11.3. The highest BCUT2D eigenvalue weighted by molar-refractivity contribution is 6.30.